The van der Waals surface area contributed by atoms with E-state index in [0.717, 1.165) is 12.7 Å². The van der Waals surface area contributed by atoms with Gasteiger partial charge in [0.05, 0.1) is 0 Å². The predicted molar refractivity (Wildman–Crippen MR) is 30.3 cm³/mol. The standard InChI is InChI=1S/C4H9O.CHNO/c1-3-5-4-2;2-1-3/h1,3-4H2,2H3;2H. The SMILES string of the molecule is N=C=O.[CH2]COCC. The third-order valence-corrected chi connectivity index (χ3v) is 0.348. The van der Waals surface area contributed by atoms with Crippen molar-refractivity contribution < 1.29 is 9.53 Å². The zero-order valence-corrected chi connectivity index (χ0v) is 4.94. The van der Waals surface area contributed by atoms with E-state index in [9.17, 15) is 0 Å². The third kappa shape index (κ3) is 56.0. The van der Waals surface area contributed by atoms with Gasteiger partial charge in [-0.1, -0.05) is 0 Å². The van der Waals surface area contributed by atoms with Gasteiger partial charge in [-0.2, -0.15) is 0 Å². The molecule has 8 heavy (non-hydrogen) atoms. The molecule has 0 atom stereocenters. The quantitative estimate of drug-likeness (QED) is 0.427. The van der Waals surface area contributed by atoms with Crippen LogP contribution in [0.3, 0.4) is 0 Å². The maximum absolute atomic E-state index is 8.35. The van der Waals surface area contributed by atoms with Crippen LogP contribution in [0.5, 0.6) is 0 Å². The molecule has 0 bridgehead atoms. The summed E-state index contributed by atoms with van der Waals surface area (Å²) in [6.07, 6.45) is 0.750. The summed E-state index contributed by atoms with van der Waals surface area (Å²) < 4.78 is 4.72. The van der Waals surface area contributed by atoms with E-state index in [4.69, 9.17) is 14.9 Å². The summed E-state index contributed by atoms with van der Waals surface area (Å²) in [4.78, 5) is 8.35. The van der Waals surface area contributed by atoms with Crippen molar-refractivity contribution in [3.05, 3.63) is 6.92 Å². The molecular formula is C5H10NO2. The first kappa shape index (κ1) is 10.3. The number of rotatable bonds is 2. The van der Waals surface area contributed by atoms with E-state index >= 15 is 0 Å². The van der Waals surface area contributed by atoms with Crippen LogP contribution in [-0.2, 0) is 9.53 Å². The molecule has 0 saturated carbocycles. The first-order chi connectivity index (χ1) is 3.83. The maximum atomic E-state index is 8.35. The lowest BCUT2D eigenvalue weighted by Crippen LogP contribution is -1.84. The van der Waals surface area contributed by atoms with Crippen LogP contribution >= 0.6 is 0 Å². The largest absolute Gasteiger partial charge is 0.382 e. The van der Waals surface area contributed by atoms with Crippen LogP contribution in [0.4, 0.5) is 0 Å². The second-order valence-corrected chi connectivity index (χ2v) is 0.799. The summed E-state index contributed by atoms with van der Waals surface area (Å²) in [7, 11) is 0. The number of isocyanates is 1. The highest BCUT2D eigenvalue weighted by molar-refractivity contribution is 5.26. The first-order valence-electron chi connectivity index (χ1n) is 2.24. The second-order valence-electron chi connectivity index (χ2n) is 0.799. The van der Waals surface area contributed by atoms with E-state index in [1.165, 1.54) is 0 Å². The average Bonchev–Trinajstić information content (AvgIpc) is 1.71. The van der Waals surface area contributed by atoms with Gasteiger partial charge in [-0.25, -0.2) is 10.2 Å². The van der Waals surface area contributed by atoms with E-state index in [0.29, 0.717) is 6.61 Å². The highest BCUT2D eigenvalue weighted by Crippen LogP contribution is 1.63. The first-order valence-corrected chi connectivity index (χ1v) is 2.24. The number of hydrogen-bond acceptors (Lipinski definition) is 3. The van der Waals surface area contributed by atoms with Crippen LogP contribution in [0, 0.1) is 12.3 Å². The number of hydrogen-bond donors (Lipinski definition) is 1. The van der Waals surface area contributed by atoms with Crippen molar-refractivity contribution in [1.29, 1.82) is 5.41 Å². The topological polar surface area (TPSA) is 50.2 Å². The zero-order valence-electron chi connectivity index (χ0n) is 4.94. The third-order valence-electron chi connectivity index (χ3n) is 0.348. The molecule has 0 saturated heterocycles. The Bertz CT molecular complexity index is 55.4. The van der Waals surface area contributed by atoms with Crippen molar-refractivity contribution in [1.82, 2.24) is 0 Å². The Kier molecular flexibility index (Phi) is 21.0. The van der Waals surface area contributed by atoms with Crippen LogP contribution in [0.1, 0.15) is 6.92 Å². The Morgan fingerprint density at radius 2 is 2.25 bits per heavy atom. The minimum absolute atomic E-state index is 0.594. The van der Waals surface area contributed by atoms with Crippen LogP contribution < -0.4 is 0 Å². The highest BCUT2D eigenvalue weighted by atomic mass is 16.5. The van der Waals surface area contributed by atoms with E-state index in [1.807, 2.05) is 6.92 Å². The molecule has 1 N–H and O–H groups in total. The predicted octanol–water partition coefficient (Wildman–Crippen LogP) is 0.758. The van der Waals surface area contributed by atoms with Crippen molar-refractivity contribution in [2.24, 2.45) is 0 Å². The summed E-state index contributed by atoms with van der Waals surface area (Å²) in [5.41, 5.74) is 0. The van der Waals surface area contributed by atoms with Gasteiger partial charge in [-0.05, 0) is 13.8 Å². The molecule has 0 fully saturated rings. The van der Waals surface area contributed by atoms with Gasteiger partial charge >= 0.3 is 0 Å². The van der Waals surface area contributed by atoms with Gasteiger partial charge in [0.15, 0.2) is 0 Å². The lowest BCUT2D eigenvalue weighted by molar-refractivity contribution is 0.176. The van der Waals surface area contributed by atoms with Gasteiger partial charge in [0.2, 0.25) is 6.08 Å². The average molecular weight is 116 g/mol. The molecule has 0 aromatic rings. The Labute approximate surface area is 49.2 Å². The van der Waals surface area contributed by atoms with Crippen molar-refractivity contribution in [2.75, 3.05) is 13.2 Å². The fraction of sp³-hybridized carbons (Fsp3) is 0.600. The van der Waals surface area contributed by atoms with Crippen molar-refractivity contribution in [2.45, 2.75) is 6.92 Å². The van der Waals surface area contributed by atoms with E-state index in [-0.39, 0.29) is 0 Å². The van der Waals surface area contributed by atoms with Gasteiger partial charge in [0.25, 0.3) is 0 Å². The molecule has 0 spiro atoms. The molecule has 0 rings (SSSR count). The van der Waals surface area contributed by atoms with E-state index in [1.54, 1.807) is 0 Å². The van der Waals surface area contributed by atoms with Gasteiger partial charge in [0, 0.05) is 13.2 Å². The van der Waals surface area contributed by atoms with Crippen molar-refractivity contribution >= 4 is 6.08 Å². The molecule has 0 unspecified atom stereocenters. The van der Waals surface area contributed by atoms with Gasteiger partial charge < -0.3 is 4.74 Å². The van der Waals surface area contributed by atoms with Gasteiger partial charge in [-0.3, -0.25) is 0 Å². The molecule has 0 heterocycles. The molecule has 0 aliphatic rings. The molecule has 0 aromatic carbocycles. The minimum Gasteiger partial charge on any atom is -0.382 e. The van der Waals surface area contributed by atoms with Crippen LogP contribution in [0.15, 0.2) is 0 Å². The molecule has 0 aromatic heterocycles. The van der Waals surface area contributed by atoms with Crippen molar-refractivity contribution in [3.63, 3.8) is 0 Å². The van der Waals surface area contributed by atoms with Gasteiger partial charge in [-0.15, -0.1) is 0 Å². The summed E-state index contributed by atoms with van der Waals surface area (Å²) in [5.74, 6) is 0. The summed E-state index contributed by atoms with van der Waals surface area (Å²) in [6.45, 7) is 6.78. The monoisotopic (exact) mass is 116 g/mol. The number of ether oxygens (including phenoxy) is 1. The summed E-state index contributed by atoms with van der Waals surface area (Å²) in [5, 5.41) is 5.40. The van der Waals surface area contributed by atoms with E-state index < -0.39 is 0 Å². The summed E-state index contributed by atoms with van der Waals surface area (Å²) in [6, 6.07) is 0. The van der Waals surface area contributed by atoms with Crippen LogP contribution in [0.25, 0.3) is 0 Å². The Balaban J connectivity index is 0. The fourth-order valence-corrected chi connectivity index (χ4v) is 0.144. The highest BCUT2D eigenvalue weighted by Gasteiger charge is 1.64. The fourth-order valence-electron chi connectivity index (χ4n) is 0.144. The minimum atomic E-state index is 0.594. The summed E-state index contributed by atoms with van der Waals surface area (Å²) >= 11 is 0. The molecule has 1 radical (unpaired) electrons. The lowest BCUT2D eigenvalue weighted by Gasteiger charge is -1.86. The Morgan fingerprint density at radius 1 is 1.88 bits per heavy atom. The Morgan fingerprint density at radius 3 is 2.25 bits per heavy atom. The molecule has 0 aliphatic heterocycles. The number of carbonyl (C=O) groups excluding carboxylic acids is 1. The van der Waals surface area contributed by atoms with Crippen LogP contribution in [-0.4, -0.2) is 19.3 Å². The number of nitrogens with one attached hydrogen (secondary N) is 1. The molecule has 0 aliphatic carbocycles. The molecule has 3 nitrogen and oxygen atoms in total. The Hall–Kier alpha value is -0.660. The maximum Gasteiger partial charge on any atom is 0.231 e. The molecule has 47 valence electrons. The normalized spacial score (nSPS) is 6.25. The van der Waals surface area contributed by atoms with E-state index in [2.05, 4.69) is 6.92 Å². The van der Waals surface area contributed by atoms with Crippen LogP contribution in [0.2, 0.25) is 0 Å². The zero-order chi connectivity index (χ0) is 6.83. The molecule has 3 heteroatoms. The second kappa shape index (κ2) is 16.2. The molecular weight excluding hydrogens is 106 g/mol. The van der Waals surface area contributed by atoms with Crippen molar-refractivity contribution in [3.8, 4) is 0 Å². The lowest BCUT2D eigenvalue weighted by atomic mass is 10.8. The molecule has 0 amide bonds. The van der Waals surface area contributed by atoms with Gasteiger partial charge in [0.1, 0.15) is 0 Å². The smallest absolute Gasteiger partial charge is 0.231 e.